The average molecular weight is 240 g/mol. The van der Waals surface area contributed by atoms with Gasteiger partial charge in [-0.1, -0.05) is 36.4 Å². The minimum atomic E-state index is 0.184. The average Bonchev–Trinajstić information content (AvgIpc) is 2.39. The third-order valence-electron chi connectivity index (χ3n) is 2.81. The van der Waals surface area contributed by atoms with Crippen LogP contribution in [0.1, 0.15) is 12.5 Å². The quantitative estimate of drug-likeness (QED) is 0.817. The van der Waals surface area contributed by atoms with Crippen LogP contribution in [0, 0.1) is 0 Å². The number of carbonyl (C=O) groups is 1. The van der Waals surface area contributed by atoms with E-state index in [4.69, 9.17) is 4.74 Å². The Balaban J connectivity index is 2.25. The highest BCUT2D eigenvalue weighted by atomic mass is 16.5. The molecular formula is C16H16O2. The maximum atomic E-state index is 11.0. The minimum absolute atomic E-state index is 0.184. The molecule has 0 aliphatic heterocycles. The van der Waals surface area contributed by atoms with Crippen molar-refractivity contribution in [3.63, 3.8) is 0 Å². The summed E-state index contributed by atoms with van der Waals surface area (Å²) in [6.07, 6.45) is 0.498. The number of hydrogen-bond acceptors (Lipinski definition) is 2. The molecule has 92 valence electrons. The number of benzene rings is 2. The molecule has 0 saturated carbocycles. The molecule has 0 heterocycles. The lowest BCUT2D eigenvalue weighted by molar-refractivity contribution is -0.116. The first-order chi connectivity index (χ1) is 8.69. The number of ketones is 1. The Bertz CT molecular complexity index is 541. The first-order valence-corrected chi connectivity index (χ1v) is 5.92. The maximum absolute atomic E-state index is 11.0. The van der Waals surface area contributed by atoms with Gasteiger partial charge < -0.3 is 4.74 Å². The van der Waals surface area contributed by atoms with E-state index in [1.165, 1.54) is 0 Å². The van der Waals surface area contributed by atoms with E-state index in [0.717, 1.165) is 22.4 Å². The SMILES string of the molecule is COc1cccc(-c2ccc(CC(C)=O)cc2)c1. The molecule has 0 radical (unpaired) electrons. The standard InChI is InChI=1S/C16H16O2/c1-12(17)10-13-6-8-14(9-7-13)15-4-3-5-16(11-15)18-2/h3-9,11H,10H2,1-2H3. The summed E-state index contributed by atoms with van der Waals surface area (Å²) in [6, 6.07) is 16.0. The number of rotatable bonds is 4. The van der Waals surface area contributed by atoms with Crippen LogP contribution in [0.15, 0.2) is 48.5 Å². The van der Waals surface area contributed by atoms with E-state index in [0.29, 0.717) is 6.42 Å². The van der Waals surface area contributed by atoms with Crippen molar-refractivity contribution < 1.29 is 9.53 Å². The fourth-order valence-electron chi connectivity index (χ4n) is 1.91. The lowest BCUT2D eigenvalue weighted by Crippen LogP contribution is -1.95. The van der Waals surface area contributed by atoms with E-state index < -0.39 is 0 Å². The van der Waals surface area contributed by atoms with E-state index in [9.17, 15) is 4.79 Å². The van der Waals surface area contributed by atoms with Gasteiger partial charge in [0.25, 0.3) is 0 Å². The van der Waals surface area contributed by atoms with E-state index in [1.54, 1.807) is 14.0 Å². The molecule has 0 aliphatic carbocycles. The lowest BCUT2D eigenvalue weighted by Gasteiger charge is -2.05. The molecule has 0 saturated heterocycles. The summed E-state index contributed by atoms with van der Waals surface area (Å²) >= 11 is 0. The summed E-state index contributed by atoms with van der Waals surface area (Å²) in [5.74, 6) is 1.03. The van der Waals surface area contributed by atoms with Gasteiger partial charge in [0.15, 0.2) is 0 Å². The van der Waals surface area contributed by atoms with Crippen LogP contribution in [0.2, 0.25) is 0 Å². The van der Waals surface area contributed by atoms with Crippen LogP contribution < -0.4 is 4.74 Å². The van der Waals surface area contributed by atoms with Crippen LogP contribution in [0.5, 0.6) is 5.75 Å². The third kappa shape index (κ3) is 2.98. The Labute approximate surface area is 107 Å². The Morgan fingerprint density at radius 3 is 2.39 bits per heavy atom. The van der Waals surface area contributed by atoms with Gasteiger partial charge in [-0.25, -0.2) is 0 Å². The molecule has 2 aromatic rings. The van der Waals surface area contributed by atoms with Gasteiger partial charge in [-0.15, -0.1) is 0 Å². The summed E-state index contributed by atoms with van der Waals surface area (Å²) in [6.45, 7) is 1.61. The molecule has 0 N–H and O–H groups in total. The molecule has 0 bridgehead atoms. The predicted octanol–water partition coefficient (Wildman–Crippen LogP) is 3.49. The Hall–Kier alpha value is -2.09. The van der Waals surface area contributed by atoms with Crippen LogP contribution in [-0.2, 0) is 11.2 Å². The summed E-state index contributed by atoms with van der Waals surface area (Å²) in [7, 11) is 1.66. The molecule has 2 heteroatoms. The normalized spacial score (nSPS) is 10.1. The lowest BCUT2D eigenvalue weighted by atomic mass is 10.0. The summed E-state index contributed by atoms with van der Waals surface area (Å²) < 4.78 is 5.21. The van der Waals surface area contributed by atoms with Crippen molar-refractivity contribution in [3.8, 4) is 16.9 Å². The van der Waals surface area contributed by atoms with Gasteiger partial charge in [-0.2, -0.15) is 0 Å². The predicted molar refractivity (Wildman–Crippen MR) is 72.8 cm³/mol. The zero-order chi connectivity index (χ0) is 13.0. The molecule has 0 atom stereocenters. The van der Waals surface area contributed by atoms with Crippen molar-refractivity contribution in [1.82, 2.24) is 0 Å². The first kappa shape index (κ1) is 12.4. The van der Waals surface area contributed by atoms with Gasteiger partial charge in [0.1, 0.15) is 11.5 Å². The zero-order valence-electron chi connectivity index (χ0n) is 10.6. The number of carbonyl (C=O) groups excluding carboxylic acids is 1. The molecule has 18 heavy (non-hydrogen) atoms. The topological polar surface area (TPSA) is 26.3 Å². The second-order valence-electron chi connectivity index (χ2n) is 4.31. The largest absolute Gasteiger partial charge is 0.497 e. The highest BCUT2D eigenvalue weighted by molar-refractivity contribution is 5.78. The van der Waals surface area contributed by atoms with Crippen LogP contribution in [-0.4, -0.2) is 12.9 Å². The van der Waals surface area contributed by atoms with E-state index in [1.807, 2.05) is 48.5 Å². The van der Waals surface area contributed by atoms with Crippen molar-refractivity contribution >= 4 is 5.78 Å². The fraction of sp³-hybridized carbons (Fsp3) is 0.188. The van der Waals surface area contributed by atoms with Crippen molar-refractivity contribution in [2.75, 3.05) is 7.11 Å². The summed E-state index contributed by atoms with van der Waals surface area (Å²) in [5.41, 5.74) is 3.29. The zero-order valence-corrected chi connectivity index (χ0v) is 10.6. The fourth-order valence-corrected chi connectivity index (χ4v) is 1.91. The van der Waals surface area contributed by atoms with Gasteiger partial charge >= 0.3 is 0 Å². The van der Waals surface area contributed by atoms with Gasteiger partial charge in [-0.05, 0) is 35.7 Å². The van der Waals surface area contributed by atoms with Crippen molar-refractivity contribution in [2.24, 2.45) is 0 Å². The molecule has 2 rings (SSSR count). The van der Waals surface area contributed by atoms with Crippen molar-refractivity contribution in [1.29, 1.82) is 0 Å². The van der Waals surface area contributed by atoms with Gasteiger partial charge in [0.2, 0.25) is 0 Å². The summed E-state index contributed by atoms with van der Waals surface area (Å²) in [4.78, 5) is 11.0. The molecular weight excluding hydrogens is 224 g/mol. The van der Waals surface area contributed by atoms with Crippen LogP contribution in [0.3, 0.4) is 0 Å². The van der Waals surface area contributed by atoms with E-state index in [-0.39, 0.29) is 5.78 Å². The second kappa shape index (κ2) is 5.50. The number of Topliss-reactive ketones (excluding diaryl/α,β-unsaturated/α-hetero) is 1. The second-order valence-corrected chi connectivity index (χ2v) is 4.31. The van der Waals surface area contributed by atoms with Crippen molar-refractivity contribution in [3.05, 3.63) is 54.1 Å². The molecule has 0 aromatic heterocycles. The first-order valence-electron chi connectivity index (χ1n) is 5.92. The number of hydrogen-bond donors (Lipinski definition) is 0. The van der Waals surface area contributed by atoms with Crippen molar-refractivity contribution in [2.45, 2.75) is 13.3 Å². The summed E-state index contributed by atoms with van der Waals surface area (Å²) in [5, 5.41) is 0. The van der Waals surface area contributed by atoms with E-state index >= 15 is 0 Å². The highest BCUT2D eigenvalue weighted by Crippen LogP contribution is 2.24. The molecule has 0 amide bonds. The Morgan fingerprint density at radius 1 is 1.06 bits per heavy atom. The van der Waals surface area contributed by atoms with Crippen LogP contribution in [0.25, 0.3) is 11.1 Å². The maximum Gasteiger partial charge on any atom is 0.134 e. The molecule has 0 unspecified atom stereocenters. The number of ether oxygens (including phenoxy) is 1. The molecule has 0 aliphatic rings. The van der Waals surface area contributed by atoms with Gasteiger partial charge in [-0.3, -0.25) is 4.79 Å². The van der Waals surface area contributed by atoms with Crippen LogP contribution in [0.4, 0.5) is 0 Å². The monoisotopic (exact) mass is 240 g/mol. The Morgan fingerprint density at radius 2 is 1.78 bits per heavy atom. The smallest absolute Gasteiger partial charge is 0.134 e. The number of methoxy groups -OCH3 is 1. The Kier molecular flexibility index (Phi) is 3.78. The molecule has 2 aromatic carbocycles. The molecule has 0 fully saturated rings. The van der Waals surface area contributed by atoms with Gasteiger partial charge in [0, 0.05) is 6.42 Å². The molecule has 2 nitrogen and oxygen atoms in total. The van der Waals surface area contributed by atoms with Gasteiger partial charge in [0.05, 0.1) is 7.11 Å². The van der Waals surface area contributed by atoms with E-state index in [2.05, 4.69) is 0 Å². The molecule has 0 spiro atoms. The third-order valence-corrected chi connectivity index (χ3v) is 2.81. The highest BCUT2D eigenvalue weighted by Gasteiger charge is 2.01. The minimum Gasteiger partial charge on any atom is -0.497 e. The van der Waals surface area contributed by atoms with Crippen LogP contribution >= 0.6 is 0 Å².